The molecule has 3 nitrogen and oxygen atoms in total. The number of aliphatic hydroxyl groups is 1. The van der Waals surface area contributed by atoms with Crippen molar-refractivity contribution in [1.29, 1.82) is 0 Å². The first kappa shape index (κ1) is 14.9. The Morgan fingerprint density at radius 1 is 1.30 bits per heavy atom. The zero-order valence-corrected chi connectivity index (χ0v) is 12.0. The SMILES string of the molecule is COc1ccc(C#CCO)cc1COCC1CCCC1. The Morgan fingerprint density at radius 3 is 2.80 bits per heavy atom. The summed E-state index contributed by atoms with van der Waals surface area (Å²) in [6.45, 7) is 1.25. The maximum atomic E-state index is 8.74. The number of hydrogen-bond acceptors (Lipinski definition) is 3. The molecule has 2 rings (SSSR count). The minimum absolute atomic E-state index is 0.125. The fraction of sp³-hybridized carbons (Fsp3) is 0.529. The smallest absolute Gasteiger partial charge is 0.124 e. The zero-order valence-electron chi connectivity index (χ0n) is 12.0. The molecule has 0 atom stereocenters. The van der Waals surface area contributed by atoms with Crippen LogP contribution in [0.4, 0.5) is 0 Å². The molecule has 1 aromatic rings. The van der Waals surface area contributed by atoms with Gasteiger partial charge in [0.1, 0.15) is 12.4 Å². The molecule has 0 aromatic heterocycles. The minimum atomic E-state index is -0.125. The van der Waals surface area contributed by atoms with Crippen LogP contribution in [0.25, 0.3) is 0 Å². The fourth-order valence-electron chi connectivity index (χ4n) is 2.62. The van der Waals surface area contributed by atoms with Gasteiger partial charge in [-0.15, -0.1) is 0 Å². The molecule has 0 spiro atoms. The third kappa shape index (κ3) is 4.26. The molecular formula is C17H22O3. The predicted molar refractivity (Wildman–Crippen MR) is 78.6 cm³/mol. The van der Waals surface area contributed by atoms with Gasteiger partial charge in [0.25, 0.3) is 0 Å². The average molecular weight is 274 g/mol. The molecule has 0 aliphatic heterocycles. The van der Waals surface area contributed by atoms with Crippen molar-refractivity contribution in [2.24, 2.45) is 5.92 Å². The van der Waals surface area contributed by atoms with Crippen molar-refractivity contribution in [3.05, 3.63) is 29.3 Å². The third-order valence-electron chi connectivity index (χ3n) is 3.68. The summed E-state index contributed by atoms with van der Waals surface area (Å²) in [5, 5.41) is 8.74. The number of rotatable bonds is 5. The van der Waals surface area contributed by atoms with E-state index in [-0.39, 0.29) is 6.61 Å². The Kier molecular flexibility index (Phi) is 5.91. The van der Waals surface area contributed by atoms with Gasteiger partial charge in [0.05, 0.1) is 13.7 Å². The Balaban J connectivity index is 1.96. The van der Waals surface area contributed by atoms with Gasteiger partial charge in [-0.3, -0.25) is 0 Å². The van der Waals surface area contributed by atoms with Crippen LogP contribution in [0.2, 0.25) is 0 Å². The molecule has 1 aliphatic rings. The molecule has 108 valence electrons. The van der Waals surface area contributed by atoms with Gasteiger partial charge < -0.3 is 14.6 Å². The Labute approximate surface area is 120 Å². The van der Waals surface area contributed by atoms with E-state index in [0.717, 1.165) is 29.4 Å². The molecule has 1 aliphatic carbocycles. The van der Waals surface area contributed by atoms with Crippen LogP contribution in [0.5, 0.6) is 5.75 Å². The van der Waals surface area contributed by atoms with Crippen LogP contribution in [0.1, 0.15) is 36.8 Å². The first-order chi connectivity index (χ1) is 9.83. The maximum absolute atomic E-state index is 8.74. The van der Waals surface area contributed by atoms with E-state index < -0.39 is 0 Å². The highest BCUT2D eigenvalue weighted by Crippen LogP contribution is 2.26. The van der Waals surface area contributed by atoms with Gasteiger partial charge >= 0.3 is 0 Å². The van der Waals surface area contributed by atoms with Crippen molar-refractivity contribution >= 4 is 0 Å². The van der Waals surface area contributed by atoms with Crippen molar-refractivity contribution in [2.45, 2.75) is 32.3 Å². The largest absolute Gasteiger partial charge is 0.496 e. The van der Waals surface area contributed by atoms with Crippen molar-refractivity contribution in [3.63, 3.8) is 0 Å². The monoisotopic (exact) mass is 274 g/mol. The number of aliphatic hydroxyl groups excluding tert-OH is 1. The molecule has 1 fully saturated rings. The van der Waals surface area contributed by atoms with Gasteiger partial charge in [0.15, 0.2) is 0 Å². The average Bonchev–Trinajstić information content (AvgIpc) is 2.98. The molecule has 0 unspecified atom stereocenters. The predicted octanol–water partition coefficient (Wildman–Crippen LogP) is 2.75. The van der Waals surface area contributed by atoms with E-state index in [1.807, 2.05) is 18.2 Å². The van der Waals surface area contributed by atoms with E-state index in [2.05, 4.69) is 11.8 Å². The highest BCUT2D eigenvalue weighted by Gasteiger charge is 2.15. The van der Waals surface area contributed by atoms with Crippen LogP contribution < -0.4 is 4.74 Å². The first-order valence-corrected chi connectivity index (χ1v) is 7.18. The minimum Gasteiger partial charge on any atom is -0.496 e. The van der Waals surface area contributed by atoms with Crippen LogP contribution in [-0.4, -0.2) is 25.4 Å². The van der Waals surface area contributed by atoms with Crippen LogP contribution in [-0.2, 0) is 11.3 Å². The van der Waals surface area contributed by atoms with Crippen molar-refractivity contribution < 1.29 is 14.6 Å². The topological polar surface area (TPSA) is 38.7 Å². The normalized spacial score (nSPS) is 14.9. The lowest BCUT2D eigenvalue weighted by atomic mass is 10.1. The Morgan fingerprint density at radius 2 is 2.10 bits per heavy atom. The lowest BCUT2D eigenvalue weighted by Gasteiger charge is -2.12. The third-order valence-corrected chi connectivity index (χ3v) is 3.68. The second kappa shape index (κ2) is 7.94. The standard InChI is InChI=1S/C17H22O3/c1-19-17-9-8-14(7-4-10-18)11-16(17)13-20-12-15-5-2-3-6-15/h8-9,11,15,18H,2-3,5-6,10,12-13H2,1H3. The fourth-order valence-corrected chi connectivity index (χ4v) is 2.62. The van der Waals surface area contributed by atoms with Crippen LogP contribution in [0.15, 0.2) is 18.2 Å². The molecule has 3 heteroatoms. The second-order valence-corrected chi connectivity index (χ2v) is 5.15. The van der Waals surface area contributed by atoms with E-state index >= 15 is 0 Å². The van der Waals surface area contributed by atoms with Gasteiger partial charge in [-0.2, -0.15) is 0 Å². The number of hydrogen-bond donors (Lipinski definition) is 1. The maximum Gasteiger partial charge on any atom is 0.124 e. The highest BCUT2D eigenvalue weighted by molar-refractivity contribution is 5.44. The molecule has 0 radical (unpaired) electrons. The first-order valence-electron chi connectivity index (χ1n) is 7.18. The van der Waals surface area contributed by atoms with Crippen LogP contribution in [0, 0.1) is 17.8 Å². The number of methoxy groups -OCH3 is 1. The molecule has 1 N–H and O–H groups in total. The number of benzene rings is 1. The van der Waals surface area contributed by atoms with Crippen molar-refractivity contribution in [3.8, 4) is 17.6 Å². The van der Waals surface area contributed by atoms with Gasteiger partial charge in [-0.25, -0.2) is 0 Å². The summed E-state index contributed by atoms with van der Waals surface area (Å²) >= 11 is 0. The Hall–Kier alpha value is -1.50. The molecule has 0 heterocycles. The summed E-state index contributed by atoms with van der Waals surface area (Å²) in [7, 11) is 1.66. The van der Waals surface area contributed by atoms with E-state index in [1.54, 1.807) is 7.11 Å². The van der Waals surface area contributed by atoms with E-state index in [1.165, 1.54) is 25.7 Å². The van der Waals surface area contributed by atoms with E-state index in [9.17, 15) is 0 Å². The second-order valence-electron chi connectivity index (χ2n) is 5.15. The van der Waals surface area contributed by atoms with Crippen molar-refractivity contribution in [2.75, 3.05) is 20.3 Å². The molecule has 1 aromatic carbocycles. The summed E-state index contributed by atoms with van der Waals surface area (Å²) in [5.74, 6) is 7.11. The molecule has 0 amide bonds. The summed E-state index contributed by atoms with van der Waals surface area (Å²) in [4.78, 5) is 0. The van der Waals surface area contributed by atoms with Gasteiger partial charge in [0, 0.05) is 17.7 Å². The lowest BCUT2D eigenvalue weighted by Crippen LogP contribution is -2.06. The zero-order chi connectivity index (χ0) is 14.2. The summed E-state index contributed by atoms with van der Waals surface area (Å²) in [6, 6.07) is 5.76. The quantitative estimate of drug-likeness (QED) is 0.839. The molecule has 0 bridgehead atoms. The van der Waals surface area contributed by atoms with Gasteiger partial charge in [-0.1, -0.05) is 24.7 Å². The van der Waals surface area contributed by atoms with E-state index in [4.69, 9.17) is 14.6 Å². The van der Waals surface area contributed by atoms with Crippen molar-refractivity contribution in [1.82, 2.24) is 0 Å². The summed E-state index contributed by atoms with van der Waals surface area (Å²) < 4.78 is 11.2. The van der Waals surface area contributed by atoms with Crippen LogP contribution in [0.3, 0.4) is 0 Å². The van der Waals surface area contributed by atoms with Gasteiger partial charge in [0.2, 0.25) is 0 Å². The summed E-state index contributed by atoms with van der Waals surface area (Å²) in [5.41, 5.74) is 1.88. The van der Waals surface area contributed by atoms with E-state index in [0.29, 0.717) is 6.61 Å². The Bertz CT molecular complexity index is 479. The highest BCUT2D eigenvalue weighted by atomic mass is 16.5. The van der Waals surface area contributed by atoms with Gasteiger partial charge in [-0.05, 0) is 37.0 Å². The molecule has 20 heavy (non-hydrogen) atoms. The lowest BCUT2D eigenvalue weighted by molar-refractivity contribution is 0.0874. The number of ether oxygens (including phenoxy) is 2. The molecule has 0 saturated heterocycles. The summed E-state index contributed by atoms with van der Waals surface area (Å²) in [6.07, 6.45) is 5.26. The molecular weight excluding hydrogens is 252 g/mol. The van der Waals surface area contributed by atoms with Crippen LogP contribution >= 0.6 is 0 Å². The molecule has 1 saturated carbocycles.